The quantitative estimate of drug-likeness (QED) is 0.539. The van der Waals surface area contributed by atoms with Gasteiger partial charge in [0.2, 0.25) is 0 Å². The van der Waals surface area contributed by atoms with Crippen LogP contribution < -0.4 is 10.1 Å². The van der Waals surface area contributed by atoms with E-state index in [9.17, 15) is 4.79 Å². The number of rotatable bonds is 6. The van der Waals surface area contributed by atoms with E-state index in [4.69, 9.17) is 17.0 Å². The molecule has 4 rings (SSSR count). The molecule has 2 fully saturated rings. The van der Waals surface area contributed by atoms with E-state index in [1.165, 1.54) is 43.9 Å². The van der Waals surface area contributed by atoms with Gasteiger partial charge in [0, 0.05) is 6.20 Å². The lowest BCUT2D eigenvalue weighted by atomic mass is 9.85. The lowest BCUT2D eigenvalue weighted by molar-refractivity contribution is -0.115. The molecule has 1 saturated heterocycles. The van der Waals surface area contributed by atoms with Crippen LogP contribution in [0.5, 0.6) is 5.75 Å². The zero-order valence-corrected chi connectivity index (χ0v) is 17.0. The maximum Gasteiger partial charge on any atom is 0.263 e. The fraction of sp³-hybridized carbons (Fsp3) is 0.400. The number of nitrogens with zero attached hydrogens (tertiary/aromatic N) is 2. The van der Waals surface area contributed by atoms with Crippen molar-refractivity contribution < 1.29 is 9.53 Å². The van der Waals surface area contributed by atoms with E-state index in [2.05, 4.69) is 20.7 Å². The van der Waals surface area contributed by atoms with Crippen LogP contribution in [0.1, 0.15) is 55.9 Å². The number of nitrogens with one attached hydrogen (secondary N) is 2. The zero-order chi connectivity index (χ0) is 19.3. The molecule has 1 saturated carbocycles. The Bertz CT molecular complexity index is 859. The maximum atomic E-state index is 11.8. The van der Waals surface area contributed by atoms with Crippen molar-refractivity contribution in [1.29, 1.82) is 0 Å². The second kappa shape index (κ2) is 8.87. The molecule has 1 aromatic heterocycles. The molecule has 8 heteroatoms. The van der Waals surface area contributed by atoms with Gasteiger partial charge in [-0.05, 0) is 36.1 Å². The Hall–Kier alpha value is -2.19. The minimum atomic E-state index is -0.145. The number of carbonyl (C=O) groups excluding carboxylic acids is 1. The third-order valence-electron chi connectivity index (χ3n) is 5.14. The van der Waals surface area contributed by atoms with Gasteiger partial charge in [0.1, 0.15) is 21.9 Å². The molecular formula is C20H22N4O2S2. The van der Waals surface area contributed by atoms with Gasteiger partial charge in [0.05, 0.1) is 4.91 Å². The third-order valence-corrected chi connectivity index (χ3v) is 6.30. The highest BCUT2D eigenvalue weighted by molar-refractivity contribution is 8.26. The SMILES string of the molecule is O=C1NC(=S)SC1=Cc1ccc(OC(CC2CCCCC2)c2c[nH]nn2)cc1. The Kier molecular flexibility index (Phi) is 6.07. The topological polar surface area (TPSA) is 79.9 Å². The van der Waals surface area contributed by atoms with Gasteiger partial charge in [0.25, 0.3) is 5.91 Å². The number of aromatic amines is 1. The smallest absolute Gasteiger partial charge is 0.263 e. The first-order chi connectivity index (χ1) is 13.7. The van der Waals surface area contributed by atoms with Crippen LogP contribution in [0.15, 0.2) is 35.4 Å². The molecule has 0 radical (unpaired) electrons. The highest BCUT2D eigenvalue weighted by Gasteiger charge is 2.24. The van der Waals surface area contributed by atoms with Gasteiger partial charge in [-0.15, -0.1) is 5.10 Å². The second-order valence-corrected chi connectivity index (χ2v) is 8.88. The van der Waals surface area contributed by atoms with Crippen LogP contribution in [0.2, 0.25) is 0 Å². The van der Waals surface area contributed by atoms with E-state index in [0.29, 0.717) is 15.1 Å². The largest absolute Gasteiger partial charge is 0.484 e. The van der Waals surface area contributed by atoms with Crippen molar-refractivity contribution in [3.63, 3.8) is 0 Å². The number of amides is 1. The van der Waals surface area contributed by atoms with Crippen LogP contribution in [0.4, 0.5) is 0 Å². The van der Waals surface area contributed by atoms with Gasteiger partial charge in [-0.2, -0.15) is 0 Å². The van der Waals surface area contributed by atoms with Crippen LogP contribution >= 0.6 is 24.0 Å². The first-order valence-corrected chi connectivity index (χ1v) is 10.8. The fourth-order valence-electron chi connectivity index (χ4n) is 3.70. The molecule has 1 amide bonds. The zero-order valence-electron chi connectivity index (χ0n) is 15.4. The highest BCUT2D eigenvalue weighted by atomic mass is 32.2. The van der Waals surface area contributed by atoms with Crippen molar-refractivity contribution in [2.24, 2.45) is 5.92 Å². The summed E-state index contributed by atoms with van der Waals surface area (Å²) >= 11 is 6.30. The van der Waals surface area contributed by atoms with Gasteiger partial charge in [0.15, 0.2) is 0 Å². The number of ether oxygens (including phenoxy) is 1. The molecule has 2 aliphatic rings. The van der Waals surface area contributed by atoms with Crippen molar-refractivity contribution in [3.05, 3.63) is 46.6 Å². The summed E-state index contributed by atoms with van der Waals surface area (Å²) < 4.78 is 6.77. The van der Waals surface area contributed by atoms with Crippen LogP contribution in [0.25, 0.3) is 6.08 Å². The molecule has 146 valence electrons. The summed E-state index contributed by atoms with van der Waals surface area (Å²) in [5.74, 6) is 1.31. The Labute approximate surface area is 173 Å². The maximum absolute atomic E-state index is 11.8. The molecule has 6 nitrogen and oxygen atoms in total. The average molecular weight is 415 g/mol. The van der Waals surface area contributed by atoms with Crippen molar-refractivity contribution in [2.45, 2.75) is 44.6 Å². The van der Waals surface area contributed by atoms with E-state index in [0.717, 1.165) is 23.4 Å². The Balaban J connectivity index is 1.45. The number of thiocarbonyl (C=S) groups is 1. The molecule has 28 heavy (non-hydrogen) atoms. The summed E-state index contributed by atoms with van der Waals surface area (Å²) in [6.07, 6.45) is 10.9. The third kappa shape index (κ3) is 4.80. The van der Waals surface area contributed by atoms with Crippen molar-refractivity contribution >= 4 is 40.3 Å². The molecule has 0 spiro atoms. The lowest BCUT2D eigenvalue weighted by Gasteiger charge is -2.26. The summed E-state index contributed by atoms with van der Waals surface area (Å²) in [5.41, 5.74) is 1.77. The summed E-state index contributed by atoms with van der Waals surface area (Å²) in [6, 6.07) is 7.74. The number of benzene rings is 1. The molecule has 2 heterocycles. The Morgan fingerprint density at radius 3 is 2.68 bits per heavy atom. The van der Waals surface area contributed by atoms with Gasteiger partial charge in [-0.1, -0.05) is 73.4 Å². The van der Waals surface area contributed by atoms with Crippen LogP contribution in [0, 0.1) is 5.92 Å². The first kappa shape index (κ1) is 19.1. The van der Waals surface area contributed by atoms with Crippen molar-refractivity contribution in [1.82, 2.24) is 20.7 Å². The average Bonchev–Trinajstić information content (AvgIpc) is 3.34. The number of hydrogen-bond acceptors (Lipinski definition) is 6. The van der Waals surface area contributed by atoms with E-state index >= 15 is 0 Å². The van der Waals surface area contributed by atoms with E-state index in [1.54, 1.807) is 0 Å². The summed E-state index contributed by atoms with van der Waals surface area (Å²) in [7, 11) is 0. The van der Waals surface area contributed by atoms with E-state index in [1.807, 2.05) is 36.5 Å². The molecule has 1 aliphatic heterocycles. The molecular weight excluding hydrogens is 392 g/mol. The number of H-pyrrole nitrogens is 1. The fourth-order valence-corrected chi connectivity index (χ4v) is 4.75. The van der Waals surface area contributed by atoms with Crippen molar-refractivity contribution in [2.75, 3.05) is 0 Å². The van der Waals surface area contributed by atoms with Gasteiger partial charge in [-0.25, -0.2) is 0 Å². The second-order valence-electron chi connectivity index (χ2n) is 7.17. The number of carbonyl (C=O) groups is 1. The van der Waals surface area contributed by atoms with Crippen LogP contribution in [0.3, 0.4) is 0 Å². The molecule has 2 N–H and O–H groups in total. The van der Waals surface area contributed by atoms with Crippen molar-refractivity contribution in [3.8, 4) is 5.75 Å². The van der Waals surface area contributed by atoms with E-state index < -0.39 is 0 Å². The summed E-state index contributed by atoms with van der Waals surface area (Å²) in [4.78, 5) is 12.4. The normalized spacial score (nSPS) is 20.4. The lowest BCUT2D eigenvalue weighted by Crippen LogP contribution is -2.17. The Morgan fingerprint density at radius 2 is 2.04 bits per heavy atom. The van der Waals surface area contributed by atoms with Crippen LogP contribution in [-0.4, -0.2) is 25.6 Å². The number of thioether (sulfide) groups is 1. The standard InChI is InChI=1S/C20H22N4O2S2/c25-19-18(28-20(27)22-19)11-14-6-8-15(9-7-14)26-17(16-12-21-24-23-16)10-13-4-2-1-3-5-13/h6-9,11-13,17H,1-5,10H2,(H,21,23,24)(H,22,25,27). The molecule has 1 aliphatic carbocycles. The number of hydrogen-bond donors (Lipinski definition) is 2. The molecule has 1 atom stereocenters. The molecule has 1 unspecified atom stereocenters. The van der Waals surface area contributed by atoms with Gasteiger partial charge >= 0.3 is 0 Å². The minimum Gasteiger partial charge on any atom is -0.484 e. The molecule has 2 aromatic rings. The molecule has 1 aromatic carbocycles. The van der Waals surface area contributed by atoms with Crippen LogP contribution in [-0.2, 0) is 4.79 Å². The predicted octanol–water partition coefficient (Wildman–Crippen LogP) is 4.38. The summed E-state index contributed by atoms with van der Waals surface area (Å²) in [5, 5.41) is 13.4. The summed E-state index contributed by atoms with van der Waals surface area (Å²) in [6.45, 7) is 0. The predicted molar refractivity (Wildman–Crippen MR) is 114 cm³/mol. The highest BCUT2D eigenvalue weighted by Crippen LogP contribution is 2.34. The Morgan fingerprint density at radius 1 is 1.25 bits per heavy atom. The first-order valence-electron chi connectivity index (χ1n) is 9.55. The van der Waals surface area contributed by atoms with Gasteiger partial charge < -0.3 is 10.1 Å². The van der Waals surface area contributed by atoms with Gasteiger partial charge in [-0.3, -0.25) is 9.89 Å². The molecule has 0 bridgehead atoms. The minimum absolute atomic E-state index is 0.111. The number of aromatic nitrogens is 3. The monoisotopic (exact) mass is 414 g/mol. The van der Waals surface area contributed by atoms with E-state index in [-0.39, 0.29) is 12.0 Å².